The highest BCUT2D eigenvalue weighted by atomic mass is 35.5. The molecule has 3 rings (SSSR count). The number of aromatic nitrogens is 2. The van der Waals surface area contributed by atoms with Crippen molar-refractivity contribution >= 4 is 23.6 Å². The molecule has 0 bridgehead atoms. The fraction of sp³-hybridized carbons (Fsp3) is 0.450. The second-order valence-electron chi connectivity index (χ2n) is 6.50. The summed E-state index contributed by atoms with van der Waals surface area (Å²) in [6.45, 7) is 5.20. The van der Waals surface area contributed by atoms with Crippen molar-refractivity contribution in [3.05, 3.63) is 47.1 Å². The first-order valence-corrected chi connectivity index (χ1v) is 9.75. The zero-order chi connectivity index (χ0) is 18.9. The Kier molecular flexibility index (Phi) is 7.27. The molecule has 27 heavy (non-hydrogen) atoms. The molecule has 144 valence electrons. The molecule has 0 saturated carbocycles. The second-order valence-corrected chi connectivity index (χ2v) is 6.89. The van der Waals surface area contributed by atoms with Gasteiger partial charge in [-0.05, 0) is 74.1 Å². The summed E-state index contributed by atoms with van der Waals surface area (Å²) in [7, 11) is 0. The Morgan fingerprint density at radius 1 is 1.15 bits per heavy atom. The minimum absolute atomic E-state index is 0.431. The van der Waals surface area contributed by atoms with E-state index < -0.39 is 0 Å². The van der Waals surface area contributed by atoms with Crippen LogP contribution in [0, 0.1) is 5.92 Å². The number of hydrogen-bond acceptors (Lipinski definition) is 6. The standard InChI is InChI=1S/C20H25ClN4O2/c1-2-27-22-15-17-3-5-18(6-4-17)26-14-11-16-9-12-25(13-10-16)20-8-7-19(21)23-24-20/h3-8,15-16H,2,9-14H2,1H3/b22-15+. The summed E-state index contributed by atoms with van der Waals surface area (Å²) in [5, 5.41) is 12.4. The lowest BCUT2D eigenvalue weighted by Crippen LogP contribution is -2.34. The van der Waals surface area contributed by atoms with Gasteiger partial charge in [-0.15, -0.1) is 10.2 Å². The molecule has 0 spiro atoms. The second kappa shape index (κ2) is 10.1. The van der Waals surface area contributed by atoms with Gasteiger partial charge in [-0.1, -0.05) is 16.8 Å². The lowest BCUT2D eigenvalue weighted by atomic mass is 9.94. The minimum Gasteiger partial charge on any atom is -0.494 e. The fourth-order valence-electron chi connectivity index (χ4n) is 3.09. The molecule has 0 radical (unpaired) electrons. The van der Waals surface area contributed by atoms with Crippen LogP contribution in [0.3, 0.4) is 0 Å². The van der Waals surface area contributed by atoms with Crippen molar-refractivity contribution in [3.63, 3.8) is 0 Å². The van der Waals surface area contributed by atoms with E-state index in [1.54, 1.807) is 12.3 Å². The number of benzene rings is 1. The minimum atomic E-state index is 0.431. The maximum Gasteiger partial charge on any atom is 0.151 e. The van der Waals surface area contributed by atoms with Crippen molar-refractivity contribution in [1.29, 1.82) is 0 Å². The molecule has 1 aliphatic rings. The third-order valence-corrected chi connectivity index (χ3v) is 4.84. The monoisotopic (exact) mass is 388 g/mol. The first-order chi connectivity index (χ1) is 13.2. The maximum absolute atomic E-state index is 5.89. The third-order valence-electron chi connectivity index (χ3n) is 4.64. The van der Waals surface area contributed by atoms with Crippen LogP contribution in [0.15, 0.2) is 41.6 Å². The molecule has 1 fully saturated rings. The number of ether oxygens (including phenoxy) is 1. The number of oxime groups is 1. The van der Waals surface area contributed by atoms with Gasteiger partial charge in [0.25, 0.3) is 0 Å². The molecule has 6 nitrogen and oxygen atoms in total. The van der Waals surface area contributed by atoms with Crippen molar-refractivity contribution in [3.8, 4) is 5.75 Å². The van der Waals surface area contributed by atoms with E-state index >= 15 is 0 Å². The maximum atomic E-state index is 5.89. The van der Waals surface area contributed by atoms with Gasteiger partial charge in [0.1, 0.15) is 12.4 Å². The van der Waals surface area contributed by atoms with E-state index in [9.17, 15) is 0 Å². The summed E-state index contributed by atoms with van der Waals surface area (Å²) < 4.78 is 5.89. The Bertz CT molecular complexity index is 714. The predicted octanol–water partition coefficient (Wildman–Crippen LogP) is 4.19. The number of anilines is 1. The Morgan fingerprint density at radius 2 is 1.93 bits per heavy atom. The van der Waals surface area contributed by atoms with E-state index in [1.807, 2.05) is 37.3 Å². The van der Waals surface area contributed by atoms with Gasteiger partial charge >= 0.3 is 0 Å². The highest BCUT2D eigenvalue weighted by molar-refractivity contribution is 6.29. The fourth-order valence-corrected chi connectivity index (χ4v) is 3.20. The summed E-state index contributed by atoms with van der Waals surface area (Å²) >= 11 is 5.80. The first-order valence-electron chi connectivity index (χ1n) is 9.37. The Morgan fingerprint density at radius 3 is 2.59 bits per heavy atom. The van der Waals surface area contributed by atoms with Crippen LogP contribution in [-0.2, 0) is 4.84 Å². The van der Waals surface area contributed by atoms with Gasteiger partial charge in [0, 0.05) is 13.1 Å². The lowest BCUT2D eigenvalue weighted by Gasteiger charge is -2.32. The number of halogens is 1. The van der Waals surface area contributed by atoms with Crippen molar-refractivity contribution < 1.29 is 9.57 Å². The van der Waals surface area contributed by atoms with Gasteiger partial charge in [-0.25, -0.2) is 0 Å². The Labute approximate surface area is 165 Å². The molecule has 2 aromatic rings. The molecule has 1 aromatic carbocycles. The molecule has 1 aromatic heterocycles. The Hall–Kier alpha value is -2.34. The van der Waals surface area contributed by atoms with E-state index in [2.05, 4.69) is 20.3 Å². The summed E-state index contributed by atoms with van der Waals surface area (Å²) in [4.78, 5) is 7.23. The highest BCUT2D eigenvalue weighted by Crippen LogP contribution is 2.24. The number of piperidine rings is 1. The molecule has 0 N–H and O–H groups in total. The van der Waals surface area contributed by atoms with Gasteiger partial charge in [-0.3, -0.25) is 0 Å². The molecule has 0 unspecified atom stereocenters. The van der Waals surface area contributed by atoms with Crippen molar-refractivity contribution in [1.82, 2.24) is 10.2 Å². The number of rotatable bonds is 8. The Balaban J connectivity index is 1.37. The van der Waals surface area contributed by atoms with Crippen molar-refractivity contribution in [2.45, 2.75) is 26.2 Å². The summed E-state index contributed by atoms with van der Waals surface area (Å²) in [6.07, 6.45) is 5.04. The zero-order valence-corrected chi connectivity index (χ0v) is 16.3. The van der Waals surface area contributed by atoms with Crippen LogP contribution >= 0.6 is 11.6 Å². The molecule has 0 atom stereocenters. The van der Waals surface area contributed by atoms with E-state index in [0.717, 1.165) is 56.1 Å². The molecule has 0 aliphatic carbocycles. The van der Waals surface area contributed by atoms with E-state index in [-0.39, 0.29) is 0 Å². The smallest absolute Gasteiger partial charge is 0.151 e. The molecule has 7 heteroatoms. The molecule has 2 heterocycles. The number of nitrogens with zero attached hydrogens (tertiary/aromatic N) is 4. The zero-order valence-electron chi connectivity index (χ0n) is 15.6. The average molecular weight is 389 g/mol. The predicted molar refractivity (Wildman–Crippen MR) is 108 cm³/mol. The normalized spacial score (nSPS) is 15.3. The van der Waals surface area contributed by atoms with Gasteiger partial charge in [0.2, 0.25) is 0 Å². The summed E-state index contributed by atoms with van der Waals surface area (Å²) in [5.41, 5.74) is 0.994. The van der Waals surface area contributed by atoms with E-state index in [1.165, 1.54) is 0 Å². The van der Waals surface area contributed by atoms with Crippen LogP contribution in [0.25, 0.3) is 0 Å². The van der Waals surface area contributed by atoms with E-state index in [4.69, 9.17) is 21.2 Å². The van der Waals surface area contributed by atoms with E-state index in [0.29, 0.717) is 17.7 Å². The van der Waals surface area contributed by atoms with Crippen LogP contribution in [0.5, 0.6) is 5.75 Å². The third kappa shape index (κ3) is 6.10. The topological polar surface area (TPSA) is 59.8 Å². The summed E-state index contributed by atoms with van der Waals surface area (Å²) in [6, 6.07) is 11.6. The SMILES string of the molecule is CCO/N=C/c1ccc(OCCC2CCN(c3ccc(Cl)nn3)CC2)cc1. The molecule has 0 amide bonds. The lowest BCUT2D eigenvalue weighted by molar-refractivity contribution is 0.160. The van der Waals surface area contributed by atoms with Gasteiger partial charge in [-0.2, -0.15) is 0 Å². The molecular formula is C20H25ClN4O2. The summed E-state index contributed by atoms with van der Waals surface area (Å²) in [5.74, 6) is 2.47. The van der Waals surface area contributed by atoms with Gasteiger partial charge in [0.05, 0.1) is 12.8 Å². The van der Waals surface area contributed by atoms with Crippen LogP contribution in [0.4, 0.5) is 5.82 Å². The highest BCUT2D eigenvalue weighted by Gasteiger charge is 2.20. The van der Waals surface area contributed by atoms with Gasteiger partial charge in [0.15, 0.2) is 11.0 Å². The average Bonchev–Trinajstić information content (AvgIpc) is 2.71. The quantitative estimate of drug-likeness (QED) is 0.501. The van der Waals surface area contributed by atoms with Crippen molar-refractivity contribution in [2.75, 3.05) is 31.2 Å². The molecule has 1 aliphatic heterocycles. The molecule has 1 saturated heterocycles. The number of hydrogen-bond donors (Lipinski definition) is 0. The van der Waals surface area contributed by atoms with Crippen molar-refractivity contribution in [2.24, 2.45) is 11.1 Å². The van der Waals surface area contributed by atoms with Crippen LogP contribution in [0.1, 0.15) is 31.7 Å². The van der Waals surface area contributed by atoms with Crippen LogP contribution in [0.2, 0.25) is 5.15 Å². The van der Waals surface area contributed by atoms with Crippen LogP contribution in [-0.4, -0.2) is 42.7 Å². The van der Waals surface area contributed by atoms with Gasteiger partial charge < -0.3 is 14.5 Å². The van der Waals surface area contributed by atoms with Crippen LogP contribution < -0.4 is 9.64 Å². The largest absolute Gasteiger partial charge is 0.494 e. The molecular weight excluding hydrogens is 364 g/mol. The first kappa shape index (κ1) is 19.4.